The van der Waals surface area contributed by atoms with Crippen LogP contribution in [0.3, 0.4) is 0 Å². The molecule has 1 saturated carbocycles. The topological polar surface area (TPSA) is 51.2 Å². The predicted molar refractivity (Wildman–Crippen MR) is 75.0 cm³/mol. The lowest BCUT2D eigenvalue weighted by atomic mass is 9.87. The minimum absolute atomic E-state index is 0.104. The standard InChI is InChI=1S/C14H16ClFO3S/c15-12-8-11(6-7-13(12)16)20(18,19)9-14(17)10-4-2-1-3-5-10/h6-8,10H,1-5,9H2. The van der Waals surface area contributed by atoms with Gasteiger partial charge in [0.15, 0.2) is 15.6 Å². The van der Waals surface area contributed by atoms with E-state index in [0.29, 0.717) is 0 Å². The molecule has 0 bridgehead atoms. The van der Waals surface area contributed by atoms with Crippen molar-refractivity contribution in [1.29, 1.82) is 0 Å². The lowest BCUT2D eigenvalue weighted by molar-refractivity contribution is -0.121. The fourth-order valence-electron chi connectivity index (χ4n) is 2.48. The Morgan fingerprint density at radius 3 is 2.50 bits per heavy atom. The molecular weight excluding hydrogens is 303 g/mol. The first-order chi connectivity index (χ1) is 9.40. The molecule has 0 aromatic heterocycles. The van der Waals surface area contributed by atoms with Gasteiger partial charge >= 0.3 is 0 Å². The van der Waals surface area contributed by atoms with Crippen molar-refractivity contribution in [1.82, 2.24) is 0 Å². The summed E-state index contributed by atoms with van der Waals surface area (Å²) in [5, 5.41) is -0.254. The van der Waals surface area contributed by atoms with E-state index in [1.807, 2.05) is 0 Å². The second kappa shape index (κ2) is 6.22. The number of hydrogen-bond acceptors (Lipinski definition) is 3. The van der Waals surface area contributed by atoms with Crippen molar-refractivity contribution >= 4 is 27.2 Å². The van der Waals surface area contributed by atoms with Crippen LogP contribution in [0.1, 0.15) is 32.1 Å². The number of halogens is 2. The molecule has 0 atom stereocenters. The molecule has 1 aliphatic carbocycles. The highest BCUT2D eigenvalue weighted by Gasteiger charge is 2.27. The van der Waals surface area contributed by atoms with Crippen molar-refractivity contribution in [3.8, 4) is 0 Å². The van der Waals surface area contributed by atoms with Gasteiger partial charge in [-0.15, -0.1) is 0 Å². The molecule has 1 fully saturated rings. The summed E-state index contributed by atoms with van der Waals surface area (Å²) in [6, 6.07) is 3.20. The van der Waals surface area contributed by atoms with Gasteiger partial charge in [0.25, 0.3) is 0 Å². The second-order valence-corrected chi connectivity index (χ2v) is 7.53. The number of hydrogen-bond donors (Lipinski definition) is 0. The Bertz CT molecular complexity index is 607. The molecule has 6 heteroatoms. The van der Waals surface area contributed by atoms with E-state index in [9.17, 15) is 17.6 Å². The molecule has 0 N–H and O–H groups in total. The molecule has 1 aliphatic rings. The van der Waals surface area contributed by atoms with Gasteiger partial charge in [0.05, 0.1) is 9.92 Å². The Morgan fingerprint density at radius 2 is 1.90 bits per heavy atom. The molecule has 3 nitrogen and oxygen atoms in total. The van der Waals surface area contributed by atoms with Gasteiger partial charge in [-0.25, -0.2) is 12.8 Å². The fourth-order valence-corrected chi connectivity index (χ4v) is 4.08. The van der Waals surface area contributed by atoms with Crippen molar-refractivity contribution in [2.24, 2.45) is 5.92 Å². The van der Waals surface area contributed by atoms with Crippen molar-refractivity contribution in [2.45, 2.75) is 37.0 Å². The van der Waals surface area contributed by atoms with Crippen molar-refractivity contribution < 1.29 is 17.6 Å². The van der Waals surface area contributed by atoms with Crippen LogP contribution in [0.25, 0.3) is 0 Å². The molecule has 0 radical (unpaired) electrons. The van der Waals surface area contributed by atoms with E-state index in [1.54, 1.807) is 0 Å². The average Bonchev–Trinajstić information content (AvgIpc) is 2.42. The summed E-state index contributed by atoms with van der Waals surface area (Å²) in [5.74, 6) is -1.61. The van der Waals surface area contributed by atoms with E-state index >= 15 is 0 Å². The number of ketones is 1. The fraction of sp³-hybridized carbons (Fsp3) is 0.500. The Labute approximate surface area is 123 Å². The monoisotopic (exact) mass is 318 g/mol. The van der Waals surface area contributed by atoms with E-state index in [-0.39, 0.29) is 21.6 Å². The zero-order valence-corrected chi connectivity index (χ0v) is 12.5. The number of rotatable bonds is 4. The van der Waals surface area contributed by atoms with E-state index in [1.165, 1.54) is 0 Å². The first kappa shape index (κ1) is 15.4. The van der Waals surface area contributed by atoms with Gasteiger partial charge < -0.3 is 0 Å². The largest absolute Gasteiger partial charge is 0.298 e. The minimum atomic E-state index is -3.75. The lowest BCUT2D eigenvalue weighted by Gasteiger charge is -2.20. The molecular formula is C14H16ClFO3S. The zero-order chi connectivity index (χ0) is 14.8. The molecule has 2 rings (SSSR count). The normalized spacial score (nSPS) is 17.1. The van der Waals surface area contributed by atoms with Crippen LogP contribution in [0.5, 0.6) is 0 Å². The number of sulfone groups is 1. The highest BCUT2D eigenvalue weighted by Crippen LogP contribution is 2.26. The van der Waals surface area contributed by atoms with Crippen LogP contribution in [0.15, 0.2) is 23.1 Å². The average molecular weight is 319 g/mol. The van der Waals surface area contributed by atoms with Crippen LogP contribution in [-0.4, -0.2) is 20.0 Å². The van der Waals surface area contributed by atoms with Crippen LogP contribution >= 0.6 is 11.6 Å². The summed E-state index contributed by atoms with van der Waals surface area (Å²) < 4.78 is 37.3. The molecule has 0 saturated heterocycles. The van der Waals surface area contributed by atoms with Gasteiger partial charge in [0.2, 0.25) is 0 Å². The summed E-state index contributed by atoms with van der Waals surface area (Å²) >= 11 is 5.58. The Morgan fingerprint density at radius 1 is 1.25 bits per heavy atom. The SMILES string of the molecule is O=C(CS(=O)(=O)c1ccc(F)c(Cl)c1)C1CCCCC1. The highest BCUT2D eigenvalue weighted by atomic mass is 35.5. The molecule has 0 spiro atoms. The zero-order valence-electron chi connectivity index (χ0n) is 10.9. The van der Waals surface area contributed by atoms with E-state index in [2.05, 4.69) is 0 Å². The van der Waals surface area contributed by atoms with Gasteiger partial charge in [-0.05, 0) is 31.0 Å². The quantitative estimate of drug-likeness (QED) is 0.799. The predicted octanol–water partition coefficient (Wildman–Crippen LogP) is 3.40. The number of carbonyl (C=O) groups excluding carboxylic acids is 1. The summed E-state index contributed by atoms with van der Waals surface area (Å²) in [4.78, 5) is 11.9. The van der Waals surface area contributed by atoms with E-state index < -0.39 is 21.4 Å². The maximum Gasteiger partial charge on any atom is 0.185 e. The molecule has 0 unspecified atom stereocenters. The number of benzene rings is 1. The second-order valence-electron chi connectivity index (χ2n) is 5.14. The maximum absolute atomic E-state index is 13.0. The summed E-state index contributed by atoms with van der Waals surface area (Å²) in [6.07, 6.45) is 4.57. The van der Waals surface area contributed by atoms with Crippen molar-refractivity contribution in [3.63, 3.8) is 0 Å². The first-order valence-electron chi connectivity index (χ1n) is 6.60. The molecule has 1 aromatic carbocycles. The van der Waals surface area contributed by atoms with E-state index in [0.717, 1.165) is 50.3 Å². The third kappa shape index (κ3) is 3.58. The van der Waals surface area contributed by atoms with Crippen LogP contribution in [0.4, 0.5) is 4.39 Å². The number of carbonyl (C=O) groups is 1. The van der Waals surface area contributed by atoms with Crippen LogP contribution in [0.2, 0.25) is 5.02 Å². The Kier molecular flexibility index (Phi) is 4.81. The van der Waals surface area contributed by atoms with Gasteiger partial charge in [-0.3, -0.25) is 4.79 Å². The Balaban J connectivity index is 2.13. The van der Waals surface area contributed by atoms with Crippen LogP contribution in [-0.2, 0) is 14.6 Å². The lowest BCUT2D eigenvalue weighted by Crippen LogP contribution is -2.25. The molecule has 0 amide bonds. The van der Waals surface area contributed by atoms with Crippen molar-refractivity contribution in [2.75, 3.05) is 5.75 Å². The summed E-state index contributed by atoms with van der Waals surface area (Å²) in [5.41, 5.74) is 0. The van der Waals surface area contributed by atoms with Crippen LogP contribution < -0.4 is 0 Å². The third-order valence-electron chi connectivity index (χ3n) is 3.64. The van der Waals surface area contributed by atoms with Gasteiger partial charge in [-0.1, -0.05) is 30.9 Å². The minimum Gasteiger partial charge on any atom is -0.298 e. The maximum atomic E-state index is 13.0. The van der Waals surface area contributed by atoms with E-state index in [4.69, 9.17) is 11.6 Å². The highest BCUT2D eigenvalue weighted by molar-refractivity contribution is 7.92. The third-order valence-corrected chi connectivity index (χ3v) is 5.57. The summed E-state index contributed by atoms with van der Waals surface area (Å²) in [7, 11) is -3.75. The molecule has 110 valence electrons. The first-order valence-corrected chi connectivity index (χ1v) is 8.64. The number of Topliss-reactive ketones (excluding diaryl/α,β-unsaturated/α-hetero) is 1. The van der Waals surface area contributed by atoms with Crippen LogP contribution in [0, 0.1) is 11.7 Å². The Hall–Kier alpha value is -0.940. The van der Waals surface area contributed by atoms with Gasteiger partial charge in [0.1, 0.15) is 11.6 Å². The molecule has 1 aromatic rings. The molecule has 0 aliphatic heterocycles. The molecule has 0 heterocycles. The van der Waals surface area contributed by atoms with Crippen molar-refractivity contribution in [3.05, 3.63) is 29.0 Å². The smallest absolute Gasteiger partial charge is 0.185 e. The van der Waals surface area contributed by atoms with Gasteiger partial charge in [-0.2, -0.15) is 0 Å². The molecule has 20 heavy (non-hydrogen) atoms. The summed E-state index contributed by atoms with van der Waals surface area (Å²) in [6.45, 7) is 0. The van der Waals surface area contributed by atoms with Gasteiger partial charge in [0, 0.05) is 5.92 Å².